The largest absolute Gasteiger partial charge is 1.00 e. The minimum absolute atomic E-state index is 0. The number of nitrogen functional groups attached to an aromatic ring is 1. The molecule has 1 aromatic rings. The van der Waals surface area contributed by atoms with Crippen molar-refractivity contribution < 1.29 is 73.9 Å². The predicted octanol–water partition coefficient (Wildman–Crippen LogP) is -0.00326. The van der Waals surface area contributed by atoms with Crippen LogP contribution in [0, 0.1) is 13.8 Å². The molecule has 1 aliphatic heterocycles. The SMILES string of the molecule is Cc1c(N)cc(CN2CCN(C(=O)OC(C)(C)C)CC2)c(C)c1[B-](F)(F)F.[K+]. The first kappa shape index (κ1) is 25.8. The molecule has 0 atom stereocenters. The van der Waals surface area contributed by atoms with Crippen LogP contribution in [0.1, 0.15) is 37.5 Å². The average molecular weight is 425 g/mol. The molecule has 1 aromatic carbocycles. The first-order chi connectivity index (χ1) is 12.3. The van der Waals surface area contributed by atoms with Gasteiger partial charge in [0, 0.05) is 38.4 Å². The van der Waals surface area contributed by atoms with E-state index < -0.39 is 18.0 Å². The molecule has 10 heteroatoms. The smallest absolute Gasteiger partial charge is 0.445 e. The van der Waals surface area contributed by atoms with Gasteiger partial charge < -0.3 is 28.3 Å². The van der Waals surface area contributed by atoms with Crippen LogP contribution in [0.4, 0.5) is 23.4 Å². The van der Waals surface area contributed by atoms with Crippen LogP contribution in [0.3, 0.4) is 0 Å². The predicted molar refractivity (Wildman–Crippen MR) is 102 cm³/mol. The van der Waals surface area contributed by atoms with E-state index in [1.54, 1.807) is 11.0 Å². The molecule has 0 unspecified atom stereocenters. The van der Waals surface area contributed by atoms with Gasteiger partial charge in [0.1, 0.15) is 5.60 Å². The summed E-state index contributed by atoms with van der Waals surface area (Å²) in [6.07, 6.45) is -0.361. The Labute approximate surface area is 207 Å². The number of rotatable bonds is 3. The maximum Gasteiger partial charge on any atom is 1.00 e. The molecular weight excluding hydrogens is 397 g/mol. The zero-order valence-corrected chi connectivity index (χ0v) is 20.7. The molecule has 2 N–H and O–H groups in total. The molecule has 0 spiro atoms. The number of hydrogen-bond donors (Lipinski definition) is 1. The maximum atomic E-state index is 13.5. The third-order valence-corrected chi connectivity index (χ3v) is 4.80. The number of nitrogens with zero attached hydrogens (tertiary/aromatic N) is 2. The Morgan fingerprint density at radius 1 is 1.14 bits per heavy atom. The summed E-state index contributed by atoms with van der Waals surface area (Å²) in [4.78, 5) is 15.8. The first-order valence-electron chi connectivity index (χ1n) is 9.08. The average Bonchev–Trinajstić information content (AvgIpc) is 2.50. The number of ether oxygens (including phenoxy) is 1. The minimum atomic E-state index is -5.13. The van der Waals surface area contributed by atoms with E-state index in [4.69, 9.17) is 10.5 Å². The van der Waals surface area contributed by atoms with Crippen molar-refractivity contribution in [2.24, 2.45) is 0 Å². The summed E-state index contributed by atoms with van der Waals surface area (Å²) in [6.45, 7) is 5.69. The maximum absolute atomic E-state index is 13.5. The molecule has 1 heterocycles. The molecular formula is C18H28BF3KN3O2. The van der Waals surface area contributed by atoms with E-state index in [0.29, 0.717) is 38.3 Å². The van der Waals surface area contributed by atoms with Crippen LogP contribution in [0.15, 0.2) is 6.07 Å². The number of nitrogens with two attached hydrogens (primary N) is 1. The zero-order chi connectivity index (χ0) is 20.6. The number of carbonyl (C=O) groups is 1. The van der Waals surface area contributed by atoms with Gasteiger partial charge in [-0.25, -0.2) is 4.79 Å². The first-order valence-corrected chi connectivity index (χ1v) is 9.08. The molecule has 0 radical (unpaired) electrons. The number of carbonyl (C=O) groups excluding carboxylic acids is 1. The number of anilines is 1. The van der Waals surface area contributed by atoms with Crippen molar-refractivity contribution in [1.29, 1.82) is 0 Å². The molecule has 1 fully saturated rings. The summed E-state index contributed by atoms with van der Waals surface area (Å²) in [5.41, 5.74) is 5.77. The van der Waals surface area contributed by atoms with Crippen molar-refractivity contribution in [3.05, 3.63) is 22.8 Å². The van der Waals surface area contributed by atoms with Gasteiger partial charge in [0.2, 0.25) is 0 Å². The molecule has 28 heavy (non-hydrogen) atoms. The van der Waals surface area contributed by atoms with Gasteiger partial charge in [-0.2, -0.15) is 0 Å². The second-order valence-electron chi connectivity index (χ2n) is 8.11. The number of piperazine rings is 1. The molecule has 152 valence electrons. The normalized spacial score (nSPS) is 15.9. The Kier molecular flexibility index (Phi) is 8.93. The van der Waals surface area contributed by atoms with Crippen LogP contribution >= 0.6 is 0 Å². The molecule has 1 saturated heterocycles. The van der Waals surface area contributed by atoms with Gasteiger partial charge >= 0.3 is 64.5 Å². The Morgan fingerprint density at radius 3 is 2.14 bits per heavy atom. The molecule has 0 aliphatic carbocycles. The second-order valence-corrected chi connectivity index (χ2v) is 8.11. The van der Waals surface area contributed by atoms with Crippen molar-refractivity contribution in [2.45, 2.75) is 46.8 Å². The van der Waals surface area contributed by atoms with Crippen LogP contribution in [0.2, 0.25) is 0 Å². The Bertz CT molecular complexity index is 715. The van der Waals surface area contributed by atoms with Crippen molar-refractivity contribution >= 4 is 24.2 Å². The summed E-state index contributed by atoms with van der Waals surface area (Å²) in [7, 11) is 0. The Morgan fingerprint density at radius 2 is 1.68 bits per heavy atom. The van der Waals surface area contributed by atoms with Crippen molar-refractivity contribution in [3.8, 4) is 0 Å². The van der Waals surface area contributed by atoms with E-state index in [2.05, 4.69) is 0 Å². The van der Waals surface area contributed by atoms with Crippen molar-refractivity contribution in [3.63, 3.8) is 0 Å². The van der Waals surface area contributed by atoms with Crippen LogP contribution < -0.4 is 62.6 Å². The Hall–Kier alpha value is -0.259. The third-order valence-electron chi connectivity index (χ3n) is 4.80. The summed E-state index contributed by atoms with van der Waals surface area (Å²) >= 11 is 0. The molecule has 5 nitrogen and oxygen atoms in total. The van der Waals surface area contributed by atoms with Crippen LogP contribution in [-0.4, -0.2) is 54.7 Å². The summed E-state index contributed by atoms with van der Waals surface area (Å²) in [5, 5.41) is 0. The van der Waals surface area contributed by atoms with Gasteiger partial charge in [-0.1, -0.05) is 11.1 Å². The molecule has 0 bridgehead atoms. The van der Waals surface area contributed by atoms with E-state index in [9.17, 15) is 17.7 Å². The van der Waals surface area contributed by atoms with Gasteiger partial charge in [0.15, 0.2) is 0 Å². The second kappa shape index (κ2) is 9.70. The summed E-state index contributed by atoms with van der Waals surface area (Å²) in [5.74, 6) is 0. The fraction of sp³-hybridized carbons (Fsp3) is 0.611. The van der Waals surface area contributed by atoms with Gasteiger partial charge in [0.05, 0.1) is 0 Å². The molecule has 0 saturated carbocycles. The van der Waals surface area contributed by atoms with Gasteiger partial charge in [-0.3, -0.25) is 4.90 Å². The van der Waals surface area contributed by atoms with E-state index >= 15 is 0 Å². The monoisotopic (exact) mass is 425 g/mol. The number of hydrogen-bond acceptors (Lipinski definition) is 4. The van der Waals surface area contributed by atoms with Crippen molar-refractivity contribution in [2.75, 3.05) is 31.9 Å². The quantitative estimate of drug-likeness (QED) is 0.547. The van der Waals surface area contributed by atoms with Crippen LogP contribution in [0.5, 0.6) is 0 Å². The van der Waals surface area contributed by atoms with E-state index in [1.165, 1.54) is 13.8 Å². The number of halogens is 3. The number of amides is 1. The number of benzene rings is 1. The molecule has 0 aromatic heterocycles. The summed E-state index contributed by atoms with van der Waals surface area (Å²) < 4.78 is 45.7. The zero-order valence-electron chi connectivity index (χ0n) is 17.6. The fourth-order valence-electron chi connectivity index (χ4n) is 3.33. The van der Waals surface area contributed by atoms with Gasteiger partial charge in [0.25, 0.3) is 0 Å². The molecule has 1 aliphatic rings. The fourth-order valence-corrected chi connectivity index (χ4v) is 3.33. The van der Waals surface area contributed by atoms with Gasteiger partial charge in [-0.15, -0.1) is 5.46 Å². The van der Waals surface area contributed by atoms with Crippen molar-refractivity contribution in [1.82, 2.24) is 9.80 Å². The summed E-state index contributed by atoms with van der Waals surface area (Å²) in [6, 6.07) is 1.64. The van der Waals surface area contributed by atoms with E-state index in [1.807, 2.05) is 25.7 Å². The minimum Gasteiger partial charge on any atom is -0.445 e. The van der Waals surface area contributed by atoms with E-state index in [-0.39, 0.29) is 74.3 Å². The third kappa shape index (κ3) is 6.63. The Balaban J connectivity index is 0.00000392. The molecule has 1 amide bonds. The topological polar surface area (TPSA) is 58.8 Å². The van der Waals surface area contributed by atoms with Crippen LogP contribution in [0.25, 0.3) is 0 Å². The van der Waals surface area contributed by atoms with E-state index in [0.717, 1.165) is 0 Å². The van der Waals surface area contributed by atoms with Gasteiger partial charge in [-0.05, 0) is 46.2 Å². The van der Waals surface area contributed by atoms with Crippen LogP contribution in [-0.2, 0) is 11.3 Å². The standard InChI is InChI=1S/C18H28BF3N3O2.K/c1-12-14(10-15(23)13(2)16(12)19(20,21)22)11-24-6-8-25(9-7-24)17(26)27-18(3,4)5;/h10H,6-9,11,23H2,1-5H3;/q-1;+1. The molecule has 2 rings (SSSR count).